The maximum absolute atomic E-state index is 13.1. The van der Waals surface area contributed by atoms with Crippen molar-refractivity contribution in [3.63, 3.8) is 0 Å². The molecule has 2 aliphatic heterocycles. The van der Waals surface area contributed by atoms with Gasteiger partial charge in [-0.3, -0.25) is 0 Å². The van der Waals surface area contributed by atoms with Crippen LogP contribution in [0, 0.1) is 11.2 Å². The van der Waals surface area contributed by atoms with Crippen LogP contribution < -0.4 is 10.2 Å². The fourth-order valence-electron chi connectivity index (χ4n) is 3.60. The van der Waals surface area contributed by atoms with Crippen LogP contribution in [0.5, 0.6) is 0 Å². The van der Waals surface area contributed by atoms with Gasteiger partial charge < -0.3 is 19.9 Å². The number of rotatable bonds is 2. The second-order valence-corrected chi connectivity index (χ2v) is 7.30. The first kappa shape index (κ1) is 17.8. The predicted octanol–water partition coefficient (Wildman–Crippen LogP) is 1.65. The van der Waals surface area contributed by atoms with Crippen molar-refractivity contribution in [2.75, 3.05) is 44.3 Å². The monoisotopic (exact) mass is 351 g/mol. The third kappa shape index (κ3) is 4.36. The standard InChI is InChI=1S/C17H26FN5O2/c1-13(2)21-16(24)23-5-3-4-17(11-23)10-22(6-7-25-12-17)15-19-8-14(18)9-20-15/h8-9,13H,3-7,10-12H2,1-2H3,(H,21,24). The normalized spacial score (nSPS) is 24.5. The van der Waals surface area contributed by atoms with Crippen molar-refractivity contribution in [2.24, 2.45) is 5.41 Å². The summed E-state index contributed by atoms with van der Waals surface area (Å²) in [6.07, 6.45) is 4.29. The van der Waals surface area contributed by atoms with E-state index in [0.717, 1.165) is 19.4 Å². The van der Waals surface area contributed by atoms with E-state index in [9.17, 15) is 9.18 Å². The number of piperidine rings is 1. The molecule has 1 unspecified atom stereocenters. The number of ether oxygens (including phenoxy) is 1. The van der Waals surface area contributed by atoms with Gasteiger partial charge in [0, 0.05) is 37.6 Å². The number of amides is 2. The van der Waals surface area contributed by atoms with E-state index in [2.05, 4.69) is 15.3 Å². The van der Waals surface area contributed by atoms with Crippen LogP contribution in [0.25, 0.3) is 0 Å². The molecule has 7 nitrogen and oxygen atoms in total. The van der Waals surface area contributed by atoms with Crippen molar-refractivity contribution >= 4 is 12.0 Å². The zero-order valence-corrected chi connectivity index (χ0v) is 14.9. The third-order valence-corrected chi connectivity index (χ3v) is 4.69. The van der Waals surface area contributed by atoms with Crippen molar-refractivity contribution in [1.82, 2.24) is 20.2 Å². The molecule has 0 saturated carbocycles. The molecule has 1 spiro atoms. The minimum absolute atomic E-state index is 0.0251. The van der Waals surface area contributed by atoms with E-state index < -0.39 is 5.82 Å². The fourth-order valence-corrected chi connectivity index (χ4v) is 3.60. The highest BCUT2D eigenvalue weighted by atomic mass is 19.1. The zero-order chi connectivity index (χ0) is 17.9. The van der Waals surface area contributed by atoms with Crippen LogP contribution in [-0.2, 0) is 4.74 Å². The highest BCUT2D eigenvalue weighted by Gasteiger charge is 2.40. The summed E-state index contributed by atoms with van der Waals surface area (Å²) in [6, 6.07) is 0.0859. The lowest BCUT2D eigenvalue weighted by Gasteiger charge is -2.43. The molecule has 8 heteroatoms. The number of carbonyl (C=O) groups excluding carboxylic acids is 1. The number of hydrogen-bond donors (Lipinski definition) is 1. The molecule has 0 aromatic carbocycles. The minimum atomic E-state index is -0.446. The number of halogens is 1. The van der Waals surface area contributed by atoms with E-state index in [1.807, 2.05) is 23.6 Å². The molecule has 1 aromatic rings. The number of carbonyl (C=O) groups is 1. The summed E-state index contributed by atoms with van der Waals surface area (Å²) in [7, 11) is 0. The van der Waals surface area contributed by atoms with Crippen LogP contribution in [-0.4, -0.2) is 66.3 Å². The van der Waals surface area contributed by atoms with E-state index in [4.69, 9.17) is 4.74 Å². The van der Waals surface area contributed by atoms with Crippen LogP contribution in [0.2, 0.25) is 0 Å². The van der Waals surface area contributed by atoms with Gasteiger partial charge in [0.25, 0.3) is 0 Å². The first-order valence-electron chi connectivity index (χ1n) is 8.83. The largest absolute Gasteiger partial charge is 0.379 e. The number of nitrogens with zero attached hydrogens (tertiary/aromatic N) is 4. The predicted molar refractivity (Wildman–Crippen MR) is 91.9 cm³/mol. The van der Waals surface area contributed by atoms with Gasteiger partial charge in [-0.1, -0.05) is 0 Å². The van der Waals surface area contributed by atoms with Gasteiger partial charge in [0.15, 0.2) is 5.82 Å². The fraction of sp³-hybridized carbons (Fsp3) is 0.706. The van der Waals surface area contributed by atoms with Gasteiger partial charge in [0.2, 0.25) is 5.95 Å². The Kier molecular flexibility index (Phi) is 5.36. The van der Waals surface area contributed by atoms with Gasteiger partial charge in [0.1, 0.15) is 0 Å². The molecule has 2 aliphatic rings. The smallest absolute Gasteiger partial charge is 0.317 e. The van der Waals surface area contributed by atoms with Crippen molar-refractivity contribution in [3.8, 4) is 0 Å². The zero-order valence-electron chi connectivity index (χ0n) is 14.9. The Labute approximate surface area is 147 Å². The maximum Gasteiger partial charge on any atom is 0.317 e. The molecule has 138 valence electrons. The Hall–Kier alpha value is -1.96. The van der Waals surface area contributed by atoms with Crippen molar-refractivity contribution < 1.29 is 13.9 Å². The SMILES string of the molecule is CC(C)NC(=O)N1CCCC2(COCCN(c3ncc(F)cn3)C2)C1. The van der Waals surface area contributed by atoms with Gasteiger partial charge in [-0.2, -0.15) is 0 Å². The molecule has 1 N–H and O–H groups in total. The number of urea groups is 1. The summed E-state index contributed by atoms with van der Waals surface area (Å²) < 4.78 is 18.9. The summed E-state index contributed by atoms with van der Waals surface area (Å²) in [6.45, 7) is 7.85. The van der Waals surface area contributed by atoms with Crippen molar-refractivity contribution in [2.45, 2.75) is 32.7 Å². The van der Waals surface area contributed by atoms with Crippen molar-refractivity contribution in [1.29, 1.82) is 0 Å². The summed E-state index contributed by atoms with van der Waals surface area (Å²) in [5, 5.41) is 2.97. The second kappa shape index (κ2) is 7.51. The number of hydrogen-bond acceptors (Lipinski definition) is 5. The highest BCUT2D eigenvalue weighted by Crippen LogP contribution is 2.33. The lowest BCUT2D eigenvalue weighted by molar-refractivity contribution is 0.0241. The van der Waals surface area contributed by atoms with Crippen LogP contribution in [0.4, 0.5) is 15.1 Å². The van der Waals surface area contributed by atoms with E-state index in [0.29, 0.717) is 38.8 Å². The number of anilines is 1. The Bertz CT molecular complexity index is 597. The van der Waals surface area contributed by atoms with E-state index in [1.165, 1.54) is 12.4 Å². The molecule has 0 radical (unpaired) electrons. The molecule has 3 heterocycles. The van der Waals surface area contributed by atoms with Gasteiger partial charge in [-0.15, -0.1) is 0 Å². The summed E-state index contributed by atoms with van der Waals surface area (Å²) >= 11 is 0. The highest BCUT2D eigenvalue weighted by molar-refractivity contribution is 5.74. The third-order valence-electron chi connectivity index (χ3n) is 4.69. The first-order valence-corrected chi connectivity index (χ1v) is 8.83. The second-order valence-electron chi connectivity index (χ2n) is 7.30. The number of likely N-dealkylation sites (tertiary alicyclic amines) is 1. The maximum atomic E-state index is 13.1. The van der Waals surface area contributed by atoms with Crippen LogP contribution in [0.1, 0.15) is 26.7 Å². The molecule has 2 fully saturated rings. The molecule has 1 aromatic heterocycles. The Balaban J connectivity index is 1.74. The summed E-state index contributed by atoms with van der Waals surface area (Å²) in [5.41, 5.74) is -0.152. The Morgan fingerprint density at radius 2 is 2.08 bits per heavy atom. The molecule has 1 atom stereocenters. The Morgan fingerprint density at radius 1 is 1.32 bits per heavy atom. The summed E-state index contributed by atoms with van der Waals surface area (Å²) in [5.74, 6) is 0.0637. The van der Waals surface area contributed by atoms with Crippen LogP contribution in [0.3, 0.4) is 0 Å². The molecule has 2 saturated heterocycles. The topological polar surface area (TPSA) is 70.6 Å². The van der Waals surface area contributed by atoms with Crippen LogP contribution >= 0.6 is 0 Å². The van der Waals surface area contributed by atoms with Crippen LogP contribution in [0.15, 0.2) is 12.4 Å². The molecular weight excluding hydrogens is 325 g/mol. The Morgan fingerprint density at radius 3 is 2.80 bits per heavy atom. The first-order chi connectivity index (χ1) is 12.0. The van der Waals surface area contributed by atoms with E-state index in [-0.39, 0.29) is 17.5 Å². The number of nitrogens with one attached hydrogen (secondary N) is 1. The quantitative estimate of drug-likeness (QED) is 0.877. The molecule has 0 bridgehead atoms. The van der Waals surface area contributed by atoms with Gasteiger partial charge in [-0.05, 0) is 26.7 Å². The lowest BCUT2D eigenvalue weighted by atomic mass is 9.80. The molecule has 0 aliphatic carbocycles. The number of aromatic nitrogens is 2. The van der Waals surface area contributed by atoms with E-state index >= 15 is 0 Å². The molecule has 2 amide bonds. The van der Waals surface area contributed by atoms with Crippen molar-refractivity contribution in [3.05, 3.63) is 18.2 Å². The summed E-state index contributed by atoms with van der Waals surface area (Å²) in [4.78, 5) is 24.5. The molecule has 3 rings (SSSR count). The van der Waals surface area contributed by atoms with E-state index in [1.54, 1.807) is 0 Å². The average molecular weight is 351 g/mol. The molecular formula is C17H26FN5O2. The lowest BCUT2D eigenvalue weighted by Crippen LogP contribution is -2.55. The van der Waals surface area contributed by atoms with Gasteiger partial charge in [-0.25, -0.2) is 19.2 Å². The molecule has 25 heavy (non-hydrogen) atoms. The average Bonchev–Trinajstić information content (AvgIpc) is 2.78. The van der Waals surface area contributed by atoms with Gasteiger partial charge in [0.05, 0.1) is 25.6 Å². The minimum Gasteiger partial charge on any atom is -0.379 e. The van der Waals surface area contributed by atoms with Gasteiger partial charge >= 0.3 is 6.03 Å².